The van der Waals surface area contributed by atoms with Gasteiger partial charge in [0.2, 0.25) is 6.39 Å². The van der Waals surface area contributed by atoms with E-state index in [1.165, 1.54) is 26.3 Å². The minimum Gasteiger partial charge on any atom is -0.467 e. The van der Waals surface area contributed by atoms with Gasteiger partial charge >= 0.3 is 12.2 Å². The number of anilines is 2. The number of rotatable bonds is 5. The third-order valence-corrected chi connectivity index (χ3v) is 10.4. The van der Waals surface area contributed by atoms with E-state index in [1.807, 2.05) is 0 Å². The first-order chi connectivity index (χ1) is 25.9. The molecule has 2 unspecified atom stereocenters. The number of nitrogens with two attached hydrogens (primary N) is 1. The number of amides is 1. The molecule has 2 aromatic carbocycles. The quantitative estimate of drug-likeness (QED) is 0.174. The maximum atomic E-state index is 15.9. The second-order valence-corrected chi connectivity index (χ2v) is 13.8. The van der Waals surface area contributed by atoms with E-state index in [0.29, 0.717) is 23.9 Å². The highest BCUT2D eigenvalue weighted by Crippen LogP contribution is 2.47. The standard InChI is InChI=1S/C21H14F5N5OS.C7H12FN.C7H9N3O2/c1-3-29-19-9-6-11(21(24,25)26)14(15(23)16(9)30-20(31-19)32-2)8-4-5-12(22)17-13(8)10(7-27)18(28)33-17;8-6-4-7-2-1-3-9(7)5-6;11-7(6-8-5-12-9-6)10-3-1-2-4-10/h4-6H,3,28H2,1-2H3,(H,29,30,31);6-7H,1-5H2;5H,1-4H2. The number of alkyl halides is 4. The van der Waals surface area contributed by atoms with Gasteiger partial charge in [-0.25, -0.2) is 13.2 Å². The number of nitriles is 1. The van der Waals surface area contributed by atoms with Gasteiger partial charge in [-0.3, -0.25) is 9.69 Å². The molecule has 19 heteroatoms. The molecule has 8 rings (SSSR count). The topological polar surface area (TPSA) is 159 Å². The lowest BCUT2D eigenvalue weighted by Gasteiger charge is -2.18. The highest BCUT2D eigenvalue weighted by molar-refractivity contribution is 7.23. The zero-order chi connectivity index (χ0) is 38.7. The number of ether oxygens (including phenoxy) is 1. The SMILES string of the molecule is CCNc1nc(OC)nc2c(F)c(-c3ccc(F)c4sc(N)c(C#N)c34)c(C(F)(F)F)cc12.FC1CC2CCCN2C1.O=C(c1ncon1)N1CCCC1. The molecule has 2 atom stereocenters. The molecule has 12 nitrogen and oxygen atoms in total. The molecule has 3 N–H and O–H groups in total. The number of fused-ring (bicyclic) bond motifs is 3. The van der Waals surface area contributed by atoms with Crippen molar-refractivity contribution in [2.75, 3.05) is 50.9 Å². The Labute approximate surface area is 308 Å². The fourth-order valence-electron chi connectivity index (χ4n) is 6.95. The Morgan fingerprint density at radius 2 is 1.94 bits per heavy atom. The zero-order valence-corrected chi connectivity index (χ0v) is 30.0. The summed E-state index contributed by atoms with van der Waals surface area (Å²) in [5, 5.41) is 15.3. The highest BCUT2D eigenvalue weighted by Gasteiger charge is 2.38. The number of halogens is 6. The molecular formula is C35H35F6N9O3S. The Bertz CT molecular complexity index is 2170. The molecule has 6 heterocycles. The van der Waals surface area contributed by atoms with Gasteiger partial charge in [-0.15, -0.1) is 11.3 Å². The van der Waals surface area contributed by atoms with Crippen LogP contribution in [0.5, 0.6) is 6.01 Å². The smallest absolute Gasteiger partial charge is 0.417 e. The van der Waals surface area contributed by atoms with Crippen molar-refractivity contribution in [1.29, 1.82) is 5.26 Å². The van der Waals surface area contributed by atoms with Crippen molar-refractivity contribution in [2.24, 2.45) is 0 Å². The molecule has 0 radical (unpaired) electrons. The van der Waals surface area contributed by atoms with Crippen molar-refractivity contribution in [2.45, 2.75) is 57.4 Å². The van der Waals surface area contributed by atoms with E-state index in [0.717, 1.165) is 57.1 Å². The van der Waals surface area contributed by atoms with E-state index in [4.69, 9.17) is 10.5 Å². The Balaban J connectivity index is 0.000000189. The molecule has 1 amide bonds. The van der Waals surface area contributed by atoms with E-state index in [9.17, 15) is 32.0 Å². The number of carbonyl (C=O) groups is 1. The number of nitrogens with zero attached hydrogens (tertiary/aromatic N) is 7. The Morgan fingerprint density at radius 1 is 1.19 bits per heavy atom. The van der Waals surface area contributed by atoms with E-state index in [1.54, 1.807) is 17.9 Å². The van der Waals surface area contributed by atoms with Crippen molar-refractivity contribution in [1.82, 2.24) is 29.9 Å². The first-order valence-corrected chi connectivity index (χ1v) is 17.9. The molecule has 3 saturated heterocycles. The molecule has 0 bridgehead atoms. The van der Waals surface area contributed by atoms with Crippen LogP contribution in [0.1, 0.15) is 60.8 Å². The van der Waals surface area contributed by atoms with Gasteiger partial charge in [0.1, 0.15) is 34.4 Å². The van der Waals surface area contributed by atoms with Gasteiger partial charge in [0, 0.05) is 48.6 Å². The Hall–Kier alpha value is -5.22. The fourth-order valence-corrected chi connectivity index (χ4v) is 7.90. The monoisotopic (exact) mass is 775 g/mol. The van der Waals surface area contributed by atoms with Gasteiger partial charge in [-0.2, -0.15) is 33.4 Å². The van der Waals surface area contributed by atoms with Gasteiger partial charge in [-0.05, 0) is 63.3 Å². The first kappa shape index (κ1) is 38.5. The number of methoxy groups -OCH3 is 1. The summed E-state index contributed by atoms with van der Waals surface area (Å²) in [4.78, 5) is 27.1. The molecular weight excluding hydrogens is 740 g/mol. The van der Waals surface area contributed by atoms with Crippen LogP contribution in [0.15, 0.2) is 29.1 Å². The lowest BCUT2D eigenvalue weighted by molar-refractivity contribution is -0.137. The number of benzene rings is 2. The molecule has 0 saturated carbocycles. The predicted molar refractivity (Wildman–Crippen MR) is 189 cm³/mol. The van der Waals surface area contributed by atoms with Crippen molar-refractivity contribution < 1.29 is 40.4 Å². The van der Waals surface area contributed by atoms with Gasteiger partial charge < -0.3 is 25.2 Å². The second-order valence-electron chi connectivity index (χ2n) is 12.7. The van der Waals surface area contributed by atoms with Crippen LogP contribution in [0.3, 0.4) is 0 Å². The van der Waals surface area contributed by atoms with Crippen LogP contribution in [-0.4, -0.2) is 87.9 Å². The number of carbonyl (C=O) groups excluding carboxylic acids is 1. The lowest BCUT2D eigenvalue weighted by Crippen LogP contribution is -2.28. The molecule has 3 aromatic heterocycles. The maximum absolute atomic E-state index is 15.9. The average Bonchev–Trinajstić information content (AvgIpc) is 3.99. The maximum Gasteiger partial charge on any atom is 0.417 e. The van der Waals surface area contributed by atoms with E-state index in [-0.39, 0.29) is 61.7 Å². The zero-order valence-electron chi connectivity index (χ0n) is 29.1. The number of nitrogen functional groups attached to an aromatic ring is 1. The predicted octanol–water partition coefficient (Wildman–Crippen LogP) is 7.20. The van der Waals surface area contributed by atoms with Gasteiger partial charge in [0.25, 0.3) is 11.7 Å². The summed E-state index contributed by atoms with van der Waals surface area (Å²) >= 11 is 0.698. The summed E-state index contributed by atoms with van der Waals surface area (Å²) in [6, 6.07) is 4.75. The minimum atomic E-state index is -5.00. The van der Waals surface area contributed by atoms with Crippen molar-refractivity contribution in [3.8, 4) is 23.2 Å². The fraction of sp³-hybridized carbons (Fsp3) is 0.429. The van der Waals surface area contributed by atoms with Crippen LogP contribution in [-0.2, 0) is 6.18 Å². The molecule has 3 fully saturated rings. The molecule has 0 aliphatic carbocycles. The van der Waals surface area contributed by atoms with Crippen molar-refractivity contribution in [3.05, 3.63) is 53.2 Å². The number of thiophene rings is 1. The lowest BCUT2D eigenvalue weighted by atomic mass is 9.92. The molecule has 54 heavy (non-hydrogen) atoms. The number of hydrogen-bond donors (Lipinski definition) is 2. The van der Waals surface area contributed by atoms with Crippen LogP contribution >= 0.6 is 11.3 Å². The number of nitrogens with one attached hydrogen (secondary N) is 1. The molecule has 286 valence electrons. The molecule has 5 aromatic rings. The summed E-state index contributed by atoms with van der Waals surface area (Å²) in [6.07, 6.45) is 1.13. The van der Waals surface area contributed by atoms with E-state index >= 15 is 4.39 Å². The first-order valence-electron chi connectivity index (χ1n) is 17.1. The van der Waals surface area contributed by atoms with Crippen LogP contribution in [0.2, 0.25) is 0 Å². The van der Waals surface area contributed by atoms with Crippen LogP contribution in [0, 0.1) is 23.0 Å². The largest absolute Gasteiger partial charge is 0.467 e. The third kappa shape index (κ3) is 7.71. The molecule has 3 aliphatic rings. The number of hydrogen-bond acceptors (Lipinski definition) is 12. The highest BCUT2D eigenvalue weighted by atomic mass is 32.1. The second kappa shape index (κ2) is 16.0. The molecule has 3 aliphatic heterocycles. The summed E-state index contributed by atoms with van der Waals surface area (Å²) in [5.41, 5.74) is 2.59. The van der Waals surface area contributed by atoms with Crippen molar-refractivity contribution in [3.63, 3.8) is 0 Å². The number of aromatic nitrogens is 4. The summed E-state index contributed by atoms with van der Waals surface area (Å²) in [7, 11) is 1.23. The molecule has 0 spiro atoms. The Morgan fingerprint density at radius 3 is 2.57 bits per heavy atom. The Kier molecular flexibility index (Phi) is 11.4. The third-order valence-electron chi connectivity index (χ3n) is 9.35. The van der Waals surface area contributed by atoms with Crippen LogP contribution in [0.4, 0.5) is 37.2 Å². The summed E-state index contributed by atoms with van der Waals surface area (Å²) < 4.78 is 94.7. The van der Waals surface area contributed by atoms with Gasteiger partial charge in [-0.1, -0.05) is 11.2 Å². The van der Waals surface area contributed by atoms with E-state index < -0.39 is 40.6 Å². The van der Waals surface area contributed by atoms with E-state index in [2.05, 4.69) is 34.8 Å². The van der Waals surface area contributed by atoms with Crippen molar-refractivity contribution >= 4 is 49.1 Å². The van der Waals surface area contributed by atoms with Crippen LogP contribution < -0.4 is 15.8 Å². The van der Waals surface area contributed by atoms with Crippen LogP contribution in [0.25, 0.3) is 32.1 Å². The number of likely N-dealkylation sites (tertiary alicyclic amines) is 1. The van der Waals surface area contributed by atoms with Gasteiger partial charge in [0.05, 0.1) is 22.9 Å². The summed E-state index contributed by atoms with van der Waals surface area (Å²) in [6.45, 7) is 5.46. The summed E-state index contributed by atoms with van der Waals surface area (Å²) in [5.74, 6) is -2.11. The van der Waals surface area contributed by atoms with Gasteiger partial charge in [0.15, 0.2) is 5.82 Å². The minimum absolute atomic E-state index is 0.0444. The average molecular weight is 776 g/mol. The normalized spacial score (nSPS) is 18.2.